The number of nitro groups is 1. The molecular weight excluding hydrogens is 288 g/mol. The number of sulfonamides is 1. The molecule has 0 saturated heterocycles. The lowest BCUT2D eigenvalue weighted by molar-refractivity contribution is -0.384. The molecule has 20 heavy (non-hydrogen) atoms. The molecule has 0 unspecified atom stereocenters. The first-order valence-electron chi connectivity index (χ1n) is 5.28. The Labute approximate surface area is 113 Å². The number of nitrogens with zero attached hydrogens (tertiary/aromatic N) is 2. The van der Waals surface area contributed by atoms with Crippen LogP contribution in [0.1, 0.15) is 0 Å². The van der Waals surface area contributed by atoms with E-state index in [1.165, 1.54) is 25.4 Å². The van der Waals surface area contributed by atoms with Gasteiger partial charge < -0.3 is 4.74 Å². The minimum Gasteiger partial charge on any atom is -0.495 e. The summed E-state index contributed by atoms with van der Waals surface area (Å²) in [6, 6.07) is 3.61. The van der Waals surface area contributed by atoms with E-state index in [1.807, 2.05) is 0 Å². The molecule has 1 heterocycles. The average molecular weight is 298 g/mol. The number of nitrogens with one attached hydrogen (secondary N) is 2. The monoisotopic (exact) mass is 298 g/mol. The first-order valence-corrected chi connectivity index (χ1v) is 6.76. The predicted molar refractivity (Wildman–Crippen MR) is 69.0 cm³/mol. The number of non-ortho nitro benzene ring substituents is 1. The fourth-order valence-electron chi connectivity index (χ4n) is 1.48. The average Bonchev–Trinajstić information content (AvgIpc) is 2.92. The van der Waals surface area contributed by atoms with Crippen molar-refractivity contribution in [3.63, 3.8) is 0 Å². The first-order chi connectivity index (χ1) is 9.44. The molecule has 0 aliphatic heterocycles. The SMILES string of the molecule is COc1ccc([N+](=O)[O-])cc1NS(=O)(=O)c1cn[nH]c1. The van der Waals surface area contributed by atoms with Gasteiger partial charge >= 0.3 is 0 Å². The Morgan fingerprint density at radius 1 is 1.45 bits per heavy atom. The van der Waals surface area contributed by atoms with Crippen molar-refractivity contribution in [1.82, 2.24) is 10.2 Å². The second-order valence-electron chi connectivity index (χ2n) is 3.68. The lowest BCUT2D eigenvalue weighted by Gasteiger charge is -2.10. The highest BCUT2D eigenvalue weighted by atomic mass is 32.2. The maximum Gasteiger partial charge on any atom is 0.271 e. The van der Waals surface area contributed by atoms with E-state index in [1.54, 1.807) is 0 Å². The standard InChI is InChI=1S/C10H10N4O5S/c1-19-10-3-2-7(14(15)16)4-9(10)13-20(17,18)8-5-11-12-6-8/h2-6,13H,1H3,(H,11,12). The van der Waals surface area contributed by atoms with Crippen LogP contribution >= 0.6 is 0 Å². The van der Waals surface area contributed by atoms with Gasteiger partial charge in [0.1, 0.15) is 10.6 Å². The molecule has 0 bridgehead atoms. The van der Waals surface area contributed by atoms with E-state index >= 15 is 0 Å². The Balaban J connectivity index is 2.42. The van der Waals surface area contributed by atoms with E-state index in [9.17, 15) is 18.5 Å². The van der Waals surface area contributed by atoms with Gasteiger partial charge in [-0.1, -0.05) is 0 Å². The number of anilines is 1. The van der Waals surface area contributed by atoms with E-state index in [-0.39, 0.29) is 22.0 Å². The van der Waals surface area contributed by atoms with Gasteiger partial charge in [-0.15, -0.1) is 0 Å². The normalized spacial score (nSPS) is 11.1. The number of H-pyrrole nitrogens is 1. The van der Waals surface area contributed by atoms with Crippen LogP contribution in [0.2, 0.25) is 0 Å². The molecule has 2 N–H and O–H groups in total. The van der Waals surface area contributed by atoms with Crippen molar-refractivity contribution in [2.24, 2.45) is 0 Å². The van der Waals surface area contributed by atoms with E-state index in [0.29, 0.717) is 0 Å². The lowest BCUT2D eigenvalue weighted by atomic mass is 10.2. The predicted octanol–water partition coefficient (Wildman–Crippen LogP) is 1.13. The van der Waals surface area contributed by atoms with Crippen LogP contribution in [0.3, 0.4) is 0 Å². The Hall–Kier alpha value is -2.62. The summed E-state index contributed by atoms with van der Waals surface area (Å²) < 4.78 is 31.2. The molecule has 0 spiro atoms. The third kappa shape index (κ3) is 2.69. The molecule has 106 valence electrons. The first kappa shape index (κ1) is 13.8. The van der Waals surface area contributed by atoms with Crippen LogP contribution in [0.15, 0.2) is 35.5 Å². The third-order valence-corrected chi connectivity index (χ3v) is 3.75. The highest BCUT2D eigenvalue weighted by Gasteiger charge is 2.19. The molecule has 0 radical (unpaired) electrons. The van der Waals surface area contributed by atoms with Gasteiger partial charge in [-0.25, -0.2) is 8.42 Å². The van der Waals surface area contributed by atoms with Gasteiger partial charge in [-0.3, -0.25) is 19.9 Å². The molecule has 10 heteroatoms. The fraction of sp³-hybridized carbons (Fsp3) is 0.100. The largest absolute Gasteiger partial charge is 0.495 e. The minimum atomic E-state index is -3.89. The highest BCUT2D eigenvalue weighted by molar-refractivity contribution is 7.92. The molecule has 0 fully saturated rings. The van der Waals surface area contributed by atoms with Crippen LogP contribution in [-0.4, -0.2) is 30.6 Å². The molecule has 1 aromatic heterocycles. The second kappa shape index (κ2) is 5.17. The van der Waals surface area contributed by atoms with Crippen molar-refractivity contribution in [3.8, 4) is 5.75 Å². The summed E-state index contributed by atoms with van der Waals surface area (Å²) in [6.07, 6.45) is 2.30. The fourth-order valence-corrected chi connectivity index (χ4v) is 2.45. The molecule has 0 saturated carbocycles. The van der Waals surface area contributed by atoms with Gasteiger partial charge in [-0.05, 0) is 6.07 Å². The number of ether oxygens (including phenoxy) is 1. The summed E-state index contributed by atoms with van der Waals surface area (Å²) in [6.45, 7) is 0. The minimum absolute atomic E-state index is 0.0251. The Bertz CT molecular complexity index is 726. The van der Waals surface area contributed by atoms with Crippen LogP contribution in [0.25, 0.3) is 0 Å². The van der Waals surface area contributed by atoms with Gasteiger partial charge in [0.15, 0.2) is 0 Å². The van der Waals surface area contributed by atoms with E-state index in [4.69, 9.17) is 4.74 Å². The quantitative estimate of drug-likeness (QED) is 0.629. The lowest BCUT2D eigenvalue weighted by Crippen LogP contribution is -2.13. The van der Waals surface area contributed by atoms with Gasteiger partial charge in [0.2, 0.25) is 0 Å². The molecular formula is C10H10N4O5S. The molecule has 1 aromatic carbocycles. The highest BCUT2D eigenvalue weighted by Crippen LogP contribution is 2.30. The number of hydrogen-bond acceptors (Lipinski definition) is 6. The van der Waals surface area contributed by atoms with Crippen LogP contribution in [0.4, 0.5) is 11.4 Å². The smallest absolute Gasteiger partial charge is 0.271 e. The van der Waals surface area contributed by atoms with E-state index in [2.05, 4.69) is 14.9 Å². The molecule has 2 rings (SSSR count). The maximum absolute atomic E-state index is 12.0. The molecule has 0 atom stereocenters. The van der Waals surface area contributed by atoms with Crippen molar-refractivity contribution >= 4 is 21.4 Å². The van der Waals surface area contributed by atoms with Crippen LogP contribution in [0.5, 0.6) is 5.75 Å². The summed E-state index contributed by atoms with van der Waals surface area (Å²) in [5, 5.41) is 16.6. The summed E-state index contributed by atoms with van der Waals surface area (Å²) >= 11 is 0. The number of methoxy groups -OCH3 is 1. The topological polar surface area (TPSA) is 127 Å². The van der Waals surface area contributed by atoms with Crippen LogP contribution in [0, 0.1) is 10.1 Å². The van der Waals surface area contributed by atoms with Crippen molar-refractivity contribution in [2.75, 3.05) is 11.8 Å². The number of nitro benzene ring substituents is 1. The molecule has 9 nitrogen and oxygen atoms in total. The van der Waals surface area contributed by atoms with Gasteiger partial charge in [0, 0.05) is 18.3 Å². The van der Waals surface area contributed by atoms with Crippen molar-refractivity contribution < 1.29 is 18.1 Å². The van der Waals surface area contributed by atoms with Crippen molar-refractivity contribution in [2.45, 2.75) is 4.90 Å². The maximum atomic E-state index is 12.0. The Morgan fingerprint density at radius 2 is 2.20 bits per heavy atom. The zero-order chi connectivity index (χ0) is 14.8. The van der Waals surface area contributed by atoms with Gasteiger partial charge in [0.05, 0.1) is 23.9 Å². The Morgan fingerprint density at radius 3 is 2.75 bits per heavy atom. The second-order valence-corrected chi connectivity index (χ2v) is 5.36. The molecule has 0 amide bonds. The zero-order valence-corrected chi connectivity index (χ0v) is 11.0. The summed E-state index contributed by atoms with van der Waals surface area (Å²) in [4.78, 5) is 10.00. The molecule has 0 aliphatic rings. The number of hydrogen-bond donors (Lipinski definition) is 2. The molecule has 0 aliphatic carbocycles. The summed E-state index contributed by atoms with van der Waals surface area (Å²) in [7, 11) is -2.56. The number of aromatic amines is 1. The van der Waals surface area contributed by atoms with Crippen molar-refractivity contribution in [1.29, 1.82) is 0 Å². The zero-order valence-electron chi connectivity index (χ0n) is 10.2. The number of benzene rings is 1. The summed E-state index contributed by atoms with van der Waals surface area (Å²) in [5.74, 6) is 0.169. The Kier molecular flexibility index (Phi) is 3.57. The summed E-state index contributed by atoms with van der Waals surface area (Å²) in [5.41, 5.74) is -0.279. The number of aromatic nitrogens is 2. The van der Waals surface area contributed by atoms with Crippen LogP contribution in [-0.2, 0) is 10.0 Å². The van der Waals surface area contributed by atoms with E-state index < -0.39 is 14.9 Å². The van der Waals surface area contributed by atoms with Crippen molar-refractivity contribution in [3.05, 3.63) is 40.7 Å². The molecule has 2 aromatic rings. The van der Waals surface area contributed by atoms with Gasteiger partial charge in [-0.2, -0.15) is 5.10 Å². The third-order valence-electron chi connectivity index (χ3n) is 2.42. The van der Waals surface area contributed by atoms with Crippen LogP contribution < -0.4 is 9.46 Å². The van der Waals surface area contributed by atoms with Gasteiger partial charge in [0.25, 0.3) is 15.7 Å². The number of rotatable bonds is 5. The van der Waals surface area contributed by atoms with E-state index in [0.717, 1.165) is 12.3 Å².